The largest absolute Gasteiger partial charge is 0.399 e. The Kier molecular flexibility index (Phi) is 2.73. The molecule has 21 heavy (non-hydrogen) atoms. The zero-order valence-corrected chi connectivity index (χ0v) is 12.6. The number of hydrogen-bond donors (Lipinski definition) is 1. The SMILES string of the molecule is Cc1cc(N)ccc1-c1nc2cccc(Cl)c2n1C1CC1. The van der Waals surface area contributed by atoms with Crippen LogP contribution in [0, 0.1) is 6.92 Å². The summed E-state index contributed by atoms with van der Waals surface area (Å²) in [6.45, 7) is 2.07. The normalized spacial score (nSPS) is 14.8. The van der Waals surface area contributed by atoms with E-state index in [-0.39, 0.29) is 0 Å². The standard InChI is InChI=1S/C17H16ClN3/c1-10-9-11(19)5-8-13(10)17-20-15-4-2-3-14(18)16(15)21(17)12-6-7-12/h2-5,8-9,12H,6-7,19H2,1H3. The van der Waals surface area contributed by atoms with Gasteiger partial charge in [0.1, 0.15) is 5.82 Å². The van der Waals surface area contributed by atoms with Crippen molar-refractivity contribution in [2.24, 2.45) is 0 Å². The van der Waals surface area contributed by atoms with Gasteiger partial charge in [-0.25, -0.2) is 4.98 Å². The Morgan fingerprint density at radius 2 is 2.05 bits per heavy atom. The number of aromatic nitrogens is 2. The first-order valence-corrected chi connectivity index (χ1v) is 7.56. The molecule has 0 aliphatic heterocycles. The Morgan fingerprint density at radius 1 is 1.24 bits per heavy atom. The second kappa shape index (κ2) is 4.50. The van der Waals surface area contributed by atoms with E-state index in [0.717, 1.165) is 38.7 Å². The zero-order valence-electron chi connectivity index (χ0n) is 11.8. The molecule has 0 unspecified atom stereocenters. The van der Waals surface area contributed by atoms with Gasteiger partial charge in [-0.15, -0.1) is 0 Å². The molecule has 3 aromatic rings. The van der Waals surface area contributed by atoms with Crippen molar-refractivity contribution < 1.29 is 0 Å². The van der Waals surface area contributed by atoms with Gasteiger partial charge in [0, 0.05) is 17.3 Å². The summed E-state index contributed by atoms with van der Waals surface area (Å²) < 4.78 is 2.30. The lowest BCUT2D eigenvalue weighted by Crippen LogP contribution is -1.99. The highest BCUT2D eigenvalue weighted by Gasteiger charge is 2.29. The molecular weight excluding hydrogens is 282 g/mol. The number of aryl methyl sites for hydroxylation is 1. The maximum Gasteiger partial charge on any atom is 0.141 e. The molecular formula is C17H16ClN3. The molecule has 0 bridgehead atoms. The van der Waals surface area contributed by atoms with E-state index >= 15 is 0 Å². The summed E-state index contributed by atoms with van der Waals surface area (Å²) in [7, 11) is 0. The summed E-state index contributed by atoms with van der Waals surface area (Å²) in [5.41, 5.74) is 10.9. The molecule has 2 N–H and O–H groups in total. The molecule has 0 amide bonds. The molecule has 2 aromatic carbocycles. The van der Waals surface area contributed by atoms with Gasteiger partial charge in [-0.05, 0) is 55.7 Å². The number of para-hydroxylation sites is 1. The number of hydrogen-bond acceptors (Lipinski definition) is 2. The Hall–Kier alpha value is -2.00. The molecule has 106 valence electrons. The maximum absolute atomic E-state index is 6.42. The summed E-state index contributed by atoms with van der Waals surface area (Å²) in [5.74, 6) is 0.998. The van der Waals surface area contributed by atoms with Crippen LogP contribution >= 0.6 is 11.6 Å². The lowest BCUT2D eigenvalue weighted by molar-refractivity contribution is 0.775. The van der Waals surface area contributed by atoms with Crippen molar-refractivity contribution in [1.29, 1.82) is 0 Å². The molecule has 1 aliphatic rings. The van der Waals surface area contributed by atoms with Crippen LogP contribution in [-0.4, -0.2) is 9.55 Å². The van der Waals surface area contributed by atoms with E-state index < -0.39 is 0 Å². The monoisotopic (exact) mass is 297 g/mol. The molecule has 0 atom stereocenters. The van der Waals surface area contributed by atoms with Gasteiger partial charge >= 0.3 is 0 Å². The fraction of sp³-hybridized carbons (Fsp3) is 0.235. The number of fused-ring (bicyclic) bond motifs is 1. The molecule has 1 aliphatic carbocycles. The number of benzene rings is 2. The van der Waals surface area contributed by atoms with Crippen LogP contribution in [0.25, 0.3) is 22.4 Å². The lowest BCUT2D eigenvalue weighted by Gasteiger charge is -2.11. The minimum absolute atomic E-state index is 0.516. The third-order valence-corrected chi connectivity index (χ3v) is 4.37. The number of nitrogen functional groups attached to an aromatic ring is 1. The van der Waals surface area contributed by atoms with Gasteiger partial charge < -0.3 is 10.3 Å². The van der Waals surface area contributed by atoms with Crippen molar-refractivity contribution in [2.75, 3.05) is 5.73 Å². The second-order valence-corrected chi connectivity index (χ2v) is 6.13. The van der Waals surface area contributed by atoms with Gasteiger partial charge in [-0.3, -0.25) is 0 Å². The Labute approximate surface area is 128 Å². The summed E-state index contributed by atoms with van der Waals surface area (Å²) in [6.07, 6.45) is 2.38. The van der Waals surface area contributed by atoms with Gasteiger partial charge in [-0.2, -0.15) is 0 Å². The summed E-state index contributed by atoms with van der Waals surface area (Å²) in [4.78, 5) is 4.83. The average molecular weight is 298 g/mol. The van der Waals surface area contributed by atoms with E-state index in [9.17, 15) is 0 Å². The number of anilines is 1. The van der Waals surface area contributed by atoms with Crippen molar-refractivity contribution in [3.8, 4) is 11.4 Å². The molecule has 0 radical (unpaired) electrons. The molecule has 0 spiro atoms. The topological polar surface area (TPSA) is 43.8 Å². The molecule has 4 rings (SSSR count). The van der Waals surface area contributed by atoms with Crippen LogP contribution in [0.4, 0.5) is 5.69 Å². The molecule has 1 saturated carbocycles. The van der Waals surface area contributed by atoms with Gasteiger partial charge in [0.25, 0.3) is 0 Å². The molecule has 1 heterocycles. The van der Waals surface area contributed by atoms with Crippen molar-refractivity contribution >= 4 is 28.3 Å². The molecule has 4 heteroatoms. The lowest BCUT2D eigenvalue weighted by atomic mass is 10.1. The first-order valence-electron chi connectivity index (χ1n) is 7.18. The molecule has 3 nitrogen and oxygen atoms in total. The first-order chi connectivity index (χ1) is 10.1. The molecule has 1 fully saturated rings. The smallest absolute Gasteiger partial charge is 0.141 e. The number of nitrogens with zero attached hydrogens (tertiary/aromatic N) is 2. The number of rotatable bonds is 2. The number of imidazole rings is 1. The Balaban J connectivity index is 2.04. The van der Waals surface area contributed by atoms with E-state index in [1.54, 1.807) is 0 Å². The highest BCUT2D eigenvalue weighted by Crippen LogP contribution is 2.43. The number of nitrogens with two attached hydrogens (primary N) is 1. The highest BCUT2D eigenvalue weighted by molar-refractivity contribution is 6.35. The first kappa shape index (κ1) is 12.7. The van der Waals surface area contributed by atoms with Crippen LogP contribution < -0.4 is 5.73 Å². The predicted molar refractivity (Wildman–Crippen MR) is 87.6 cm³/mol. The van der Waals surface area contributed by atoms with Crippen LogP contribution in [0.15, 0.2) is 36.4 Å². The van der Waals surface area contributed by atoms with Gasteiger partial charge in [0.15, 0.2) is 0 Å². The van der Waals surface area contributed by atoms with Crippen LogP contribution in [0.1, 0.15) is 24.4 Å². The van der Waals surface area contributed by atoms with Crippen molar-refractivity contribution in [2.45, 2.75) is 25.8 Å². The van der Waals surface area contributed by atoms with Crippen LogP contribution in [-0.2, 0) is 0 Å². The third-order valence-electron chi connectivity index (χ3n) is 4.06. The quantitative estimate of drug-likeness (QED) is 0.703. The zero-order chi connectivity index (χ0) is 14.6. The molecule has 1 aromatic heterocycles. The van der Waals surface area contributed by atoms with E-state index in [2.05, 4.69) is 17.6 Å². The van der Waals surface area contributed by atoms with Crippen molar-refractivity contribution in [3.05, 3.63) is 47.0 Å². The van der Waals surface area contributed by atoms with E-state index in [1.807, 2.05) is 30.3 Å². The van der Waals surface area contributed by atoms with Crippen molar-refractivity contribution in [1.82, 2.24) is 9.55 Å². The highest BCUT2D eigenvalue weighted by atomic mass is 35.5. The van der Waals surface area contributed by atoms with E-state index in [4.69, 9.17) is 22.3 Å². The fourth-order valence-electron chi connectivity index (χ4n) is 2.92. The van der Waals surface area contributed by atoms with Gasteiger partial charge in [-0.1, -0.05) is 17.7 Å². The van der Waals surface area contributed by atoms with Gasteiger partial charge in [0.2, 0.25) is 0 Å². The van der Waals surface area contributed by atoms with Crippen LogP contribution in [0.3, 0.4) is 0 Å². The van der Waals surface area contributed by atoms with E-state index in [1.165, 1.54) is 12.8 Å². The van der Waals surface area contributed by atoms with E-state index in [0.29, 0.717) is 6.04 Å². The minimum atomic E-state index is 0.516. The number of halogens is 1. The van der Waals surface area contributed by atoms with Gasteiger partial charge in [0.05, 0.1) is 16.1 Å². The second-order valence-electron chi connectivity index (χ2n) is 5.72. The third kappa shape index (κ3) is 2.00. The maximum atomic E-state index is 6.42. The average Bonchev–Trinajstić information content (AvgIpc) is 3.20. The van der Waals surface area contributed by atoms with Crippen molar-refractivity contribution in [3.63, 3.8) is 0 Å². The van der Waals surface area contributed by atoms with Crippen LogP contribution in [0.5, 0.6) is 0 Å². The predicted octanol–water partition coefficient (Wildman–Crippen LogP) is 4.58. The Bertz CT molecular complexity index is 847. The summed E-state index contributed by atoms with van der Waals surface area (Å²) in [6, 6.07) is 12.4. The molecule has 0 saturated heterocycles. The fourth-order valence-corrected chi connectivity index (χ4v) is 3.18. The van der Waals surface area contributed by atoms with Crippen LogP contribution in [0.2, 0.25) is 5.02 Å². The minimum Gasteiger partial charge on any atom is -0.399 e. The summed E-state index contributed by atoms with van der Waals surface area (Å²) in [5, 5.41) is 0.770. The Morgan fingerprint density at radius 3 is 2.76 bits per heavy atom. The summed E-state index contributed by atoms with van der Waals surface area (Å²) >= 11 is 6.42.